The molecule has 9 rings (SSSR count). The van der Waals surface area contributed by atoms with Gasteiger partial charge in [-0.15, -0.1) is 0 Å². The summed E-state index contributed by atoms with van der Waals surface area (Å²) in [4.78, 5) is 0. The van der Waals surface area contributed by atoms with Crippen LogP contribution in [0.1, 0.15) is 22.3 Å². The van der Waals surface area contributed by atoms with Gasteiger partial charge in [0.25, 0.3) is 0 Å². The lowest BCUT2D eigenvalue weighted by molar-refractivity contribution is 1.12. The van der Waals surface area contributed by atoms with Crippen LogP contribution in [0.4, 0.5) is 0 Å². The van der Waals surface area contributed by atoms with Crippen molar-refractivity contribution in [1.82, 2.24) is 4.57 Å². The number of hydrogen-bond acceptors (Lipinski definition) is 0. The molecule has 0 unspecified atom stereocenters. The summed E-state index contributed by atoms with van der Waals surface area (Å²) in [6.07, 6.45) is 1.94. The molecule has 0 spiro atoms. The van der Waals surface area contributed by atoms with Crippen molar-refractivity contribution >= 4 is 21.8 Å². The van der Waals surface area contributed by atoms with Gasteiger partial charge in [-0.25, -0.2) is 0 Å². The van der Waals surface area contributed by atoms with Crippen molar-refractivity contribution in [3.8, 4) is 39.1 Å². The van der Waals surface area contributed by atoms with Gasteiger partial charge in [0.2, 0.25) is 0 Å². The SMILES string of the molecule is c1ccc2c(c1)Cc1c-2cccc1-c1cccc2c1Cc1c-2cccc1-n1c2ccccc2c2ccccc21. The highest BCUT2D eigenvalue weighted by Crippen LogP contribution is 2.48. The topological polar surface area (TPSA) is 4.93 Å². The molecule has 0 atom stereocenters. The third-order valence-electron chi connectivity index (χ3n) is 8.93. The predicted molar refractivity (Wildman–Crippen MR) is 163 cm³/mol. The number of para-hydroxylation sites is 2. The summed E-state index contributed by atoms with van der Waals surface area (Å²) in [7, 11) is 0. The van der Waals surface area contributed by atoms with E-state index in [4.69, 9.17) is 0 Å². The lowest BCUT2D eigenvalue weighted by atomic mass is 9.90. The Morgan fingerprint density at radius 2 is 0.821 bits per heavy atom. The fourth-order valence-electron chi connectivity index (χ4n) is 7.27. The average Bonchev–Trinajstić information content (AvgIpc) is 3.67. The highest BCUT2D eigenvalue weighted by Gasteiger charge is 2.28. The molecule has 1 aromatic heterocycles. The van der Waals surface area contributed by atoms with E-state index in [0.29, 0.717) is 0 Å². The number of aromatic nitrogens is 1. The number of rotatable bonds is 2. The fourth-order valence-corrected chi connectivity index (χ4v) is 7.27. The standard InChI is InChI=1S/C38H25N/c1-2-11-25-24(10-1)22-33-26(25)14-7-15-27(33)28-16-8-17-29-30-18-9-21-38(35(30)23-34(28)29)39-36-19-5-3-12-31(36)32-13-4-6-20-37(32)39/h1-21H,22-23H2. The van der Waals surface area contributed by atoms with Crippen molar-refractivity contribution in [2.45, 2.75) is 12.8 Å². The molecule has 0 radical (unpaired) electrons. The van der Waals surface area contributed by atoms with Crippen LogP contribution in [0.2, 0.25) is 0 Å². The summed E-state index contributed by atoms with van der Waals surface area (Å²) in [6.45, 7) is 0. The molecule has 6 aromatic carbocycles. The molecular formula is C38H25N. The molecular weight excluding hydrogens is 470 g/mol. The second kappa shape index (κ2) is 7.82. The Hall–Kier alpha value is -4.88. The first kappa shape index (κ1) is 21.1. The van der Waals surface area contributed by atoms with Gasteiger partial charge in [-0.3, -0.25) is 0 Å². The minimum Gasteiger partial charge on any atom is -0.309 e. The van der Waals surface area contributed by atoms with Crippen molar-refractivity contribution in [3.63, 3.8) is 0 Å². The summed E-state index contributed by atoms with van der Waals surface area (Å²) in [5.41, 5.74) is 17.9. The van der Waals surface area contributed by atoms with Gasteiger partial charge in [0, 0.05) is 17.2 Å². The number of hydrogen-bond donors (Lipinski definition) is 0. The molecule has 182 valence electrons. The zero-order valence-electron chi connectivity index (χ0n) is 21.5. The van der Waals surface area contributed by atoms with E-state index < -0.39 is 0 Å². The van der Waals surface area contributed by atoms with Crippen LogP contribution in [0, 0.1) is 0 Å². The monoisotopic (exact) mass is 495 g/mol. The van der Waals surface area contributed by atoms with Gasteiger partial charge in [0.1, 0.15) is 0 Å². The van der Waals surface area contributed by atoms with Gasteiger partial charge < -0.3 is 4.57 Å². The summed E-state index contributed by atoms with van der Waals surface area (Å²) < 4.78 is 2.48. The second-order valence-corrected chi connectivity index (χ2v) is 10.8. The smallest absolute Gasteiger partial charge is 0.0541 e. The first-order valence-corrected chi connectivity index (χ1v) is 13.8. The Bertz CT molecular complexity index is 2070. The lowest BCUT2D eigenvalue weighted by Crippen LogP contribution is -1.99. The average molecular weight is 496 g/mol. The Kier molecular flexibility index (Phi) is 4.23. The van der Waals surface area contributed by atoms with E-state index in [1.54, 1.807) is 0 Å². The fraction of sp³-hybridized carbons (Fsp3) is 0.0526. The van der Waals surface area contributed by atoms with Crippen LogP contribution < -0.4 is 0 Å². The van der Waals surface area contributed by atoms with E-state index in [9.17, 15) is 0 Å². The van der Waals surface area contributed by atoms with Crippen molar-refractivity contribution in [2.24, 2.45) is 0 Å². The van der Waals surface area contributed by atoms with E-state index in [2.05, 4.69) is 132 Å². The molecule has 1 heteroatoms. The molecule has 0 N–H and O–H groups in total. The molecule has 0 aliphatic heterocycles. The summed E-state index contributed by atoms with van der Waals surface area (Å²) in [5.74, 6) is 0. The summed E-state index contributed by atoms with van der Waals surface area (Å²) in [5, 5.41) is 2.61. The third kappa shape index (κ3) is 2.85. The van der Waals surface area contributed by atoms with Gasteiger partial charge in [-0.2, -0.15) is 0 Å². The van der Waals surface area contributed by atoms with Gasteiger partial charge >= 0.3 is 0 Å². The molecule has 0 fully saturated rings. The molecule has 39 heavy (non-hydrogen) atoms. The Balaban J connectivity index is 1.25. The van der Waals surface area contributed by atoms with Gasteiger partial charge in [0.15, 0.2) is 0 Å². The van der Waals surface area contributed by atoms with E-state index in [1.807, 2.05) is 0 Å². The highest BCUT2D eigenvalue weighted by atomic mass is 15.0. The van der Waals surface area contributed by atoms with E-state index >= 15 is 0 Å². The van der Waals surface area contributed by atoms with Crippen LogP contribution in [0.3, 0.4) is 0 Å². The maximum absolute atomic E-state index is 2.48. The van der Waals surface area contributed by atoms with Crippen LogP contribution in [0.5, 0.6) is 0 Å². The van der Waals surface area contributed by atoms with Crippen molar-refractivity contribution < 1.29 is 0 Å². The van der Waals surface area contributed by atoms with Crippen LogP contribution in [0.15, 0.2) is 127 Å². The number of nitrogens with zero attached hydrogens (tertiary/aromatic N) is 1. The van der Waals surface area contributed by atoms with Crippen LogP contribution in [-0.2, 0) is 12.8 Å². The van der Waals surface area contributed by atoms with E-state index in [1.165, 1.54) is 83.1 Å². The third-order valence-corrected chi connectivity index (χ3v) is 8.93. The second-order valence-electron chi connectivity index (χ2n) is 10.8. The Morgan fingerprint density at radius 1 is 0.359 bits per heavy atom. The molecule has 2 aliphatic rings. The molecule has 0 saturated carbocycles. The van der Waals surface area contributed by atoms with Crippen LogP contribution >= 0.6 is 0 Å². The summed E-state index contributed by atoms with van der Waals surface area (Å²) in [6, 6.07) is 47.1. The van der Waals surface area contributed by atoms with Gasteiger partial charge in [0.05, 0.1) is 16.7 Å². The van der Waals surface area contributed by atoms with E-state index in [0.717, 1.165) is 12.8 Å². The molecule has 0 bridgehead atoms. The highest BCUT2D eigenvalue weighted by molar-refractivity contribution is 6.09. The first-order valence-electron chi connectivity index (χ1n) is 13.8. The Morgan fingerprint density at radius 3 is 1.49 bits per heavy atom. The van der Waals surface area contributed by atoms with Crippen LogP contribution in [0.25, 0.3) is 60.9 Å². The van der Waals surface area contributed by atoms with Crippen molar-refractivity contribution in [1.29, 1.82) is 0 Å². The molecule has 2 aliphatic carbocycles. The molecule has 1 heterocycles. The molecule has 0 amide bonds. The predicted octanol–water partition coefficient (Wildman–Crippen LogP) is 9.59. The quantitative estimate of drug-likeness (QED) is 0.225. The molecule has 7 aromatic rings. The maximum atomic E-state index is 2.48. The largest absolute Gasteiger partial charge is 0.309 e. The zero-order chi connectivity index (χ0) is 25.5. The zero-order valence-corrected chi connectivity index (χ0v) is 21.5. The number of benzene rings is 6. The normalized spacial score (nSPS) is 12.9. The molecule has 0 saturated heterocycles. The van der Waals surface area contributed by atoms with Crippen molar-refractivity contribution in [3.05, 3.63) is 150 Å². The maximum Gasteiger partial charge on any atom is 0.0541 e. The molecule has 1 nitrogen and oxygen atoms in total. The van der Waals surface area contributed by atoms with Gasteiger partial charge in [-0.1, -0.05) is 109 Å². The number of fused-ring (bicyclic) bond motifs is 9. The van der Waals surface area contributed by atoms with Crippen LogP contribution in [-0.4, -0.2) is 4.57 Å². The van der Waals surface area contributed by atoms with E-state index in [-0.39, 0.29) is 0 Å². The van der Waals surface area contributed by atoms with Crippen molar-refractivity contribution in [2.75, 3.05) is 0 Å². The summed E-state index contributed by atoms with van der Waals surface area (Å²) >= 11 is 0. The first-order chi connectivity index (χ1) is 19.4. The minimum absolute atomic E-state index is 0.939. The minimum atomic E-state index is 0.939. The van der Waals surface area contributed by atoms with Gasteiger partial charge in [-0.05, 0) is 80.3 Å². The lowest BCUT2D eigenvalue weighted by Gasteiger charge is -2.14. The Labute approximate surface area is 227 Å².